The molecule has 3 aromatic carbocycles. The lowest BCUT2D eigenvalue weighted by Gasteiger charge is -2.26. The molecular formula is C27H27NO5S2. The second kappa shape index (κ2) is 11.3. The first-order valence-corrected chi connectivity index (χ1v) is 13.0. The third-order valence-corrected chi connectivity index (χ3v) is 7.67. The van der Waals surface area contributed by atoms with Gasteiger partial charge in [-0.3, -0.25) is 4.90 Å². The maximum atomic E-state index is 10.7. The fraction of sp³-hybridized carbons (Fsp3) is 0.259. The highest BCUT2D eigenvalue weighted by molar-refractivity contribution is 7.94. The quantitative estimate of drug-likeness (QED) is 0.206. The van der Waals surface area contributed by atoms with Crippen LogP contribution in [-0.4, -0.2) is 56.6 Å². The Bertz CT molecular complexity index is 1240. The number of hydrogen-bond acceptors (Lipinski definition) is 8. The van der Waals surface area contributed by atoms with Crippen LogP contribution < -0.4 is 9.47 Å². The number of nitrogens with zero attached hydrogens (tertiary/aromatic N) is 1. The molecule has 1 saturated heterocycles. The van der Waals surface area contributed by atoms with E-state index in [0.29, 0.717) is 29.4 Å². The van der Waals surface area contributed by atoms with Crippen LogP contribution in [-0.2, 0) is 8.92 Å². The van der Waals surface area contributed by atoms with Crippen LogP contribution in [0.15, 0.2) is 71.6 Å². The highest BCUT2D eigenvalue weighted by atomic mass is 32.2. The SMILES string of the molecule is COc1cc(O)c(-c2cc3ccccc3s2)cc1Oc1ccc(SOCCN2CCOCC2)cc1. The summed E-state index contributed by atoms with van der Waals surface area (Å²) in [5.74, 6) is 1.84. The lowest BCUT2D eigenvalue weighted by Crippen LogP contribution is -2.38. The van der Waals surface area contributed by atoms with Gasteiger partial charge in [0, 0.05) is 57.8 Å². The van der Waals surface area contributed by atoms with E-state index in [9.17, 15) is 5.11 Å². The summed E-state index contributed by atoms with van der Waals surface area (Å²) < 4.78 is 23.9. The van der Waals surface area contributed by atoms with Crippen LogP contribution in [0.4, 0.5) is 0 Å². The summed E-state index contributed by atoms with van der Waals surface area (Å²) in [6, 6.07) is 21.4. The Balaban J connectivity index is 1.25. The summed E-state index contributed by atoms with van der Waals surface area (Å²) >= 11 is 3.00. The molecular weight excluding hydrogens is 482 g/mol. The lowest BCUT2D eigenvalue weighted by atomic mass is 10.1. The van der Waals surface area contributed by atoms with Crippen molar-refractivity contribution < 1.29 is 23.5 Å². The smallest absolute Gasteiger partial charge is 0.170 e. The average Bonchev–Trinajstić information content (AvgIpc) is 3.33. The van der Waals surface area contributed by atoms with Gasteiger partial charge in [-0.15, -0.1) is 11.3 Å². The van der Waals surface area contributed by atoms with Crippen molar-refractivity contribution in [2.75, 3.05) is 46.6 Å². The van der Waals surface area contributed by atoms with Gasteiger partial charge in [0.1, 0.15) is 11.5 Å². The number of thiophene rings is 1. The molecule has 2 heterocycles. The van der Waals surface area contributed by atoms with Crippen molar-refractivity contribution in [2.45, 2.75) is 4.90 Å². The first-order chi connectivity index (χ1) is 17.2. The van der Waals surface area contributed by atoms with E-state index in [1.165, 1.54) is 16.7 Å². The number of rotatable bonds is 9. The first-order valence-electron chi connectivity index (χ1n) is 11.5. The first kappa shape index (κ1) is 24.0. The Kier molecular flexibility index (Phi) is 7.75. The third kappa shape index (κ3) is 5.91. The number of aromatic hydroxyl groups is 1. The number of phenolic OH excluding ortho intramolecular Hbond substituents is 1. The number of fused-ring (bicyclic) bond motifs is 1. The van der Waals surface area contributed by atoms with Crippen LogP contribution in [0.3, 0.4) is 0 Å². The van der Waals surface area contributed by atoms with Crippen molar-refractivity contribution in [3.63, 3.8) is 0 Å². The van der Waals surface area contributed by atoms with Crippen molar-refractivity contribution in [2.24, 2.45) is 0 Å². The molecule has 1 fully saturated rings. The number of phenols is 1. The predicted molar refractivity (Wildman–Crippen MR) is 141 cm³/mol. The highest BCUT2D eigenvalue weighted by Crippen LogP contribution is 2.44. The summed E-state index contributed by atoms with van der Waals surface area (Å²) in [6.45, 7) is 5.09. The van der Waals surface area contributed by atoms with Gasteiger partial charge in [-0.05, 0) is 47.9 Å². The molecule has 1 aromatic heterocycles. The maximum Gasteiger partial charge on any atom is 0.170 e. The molecule has 1 aliphatic rings. The molecule has 0 unspecified atom stereocenters. The average molecular weight is 510 g/mol. The van der Waals surface area contributed by atoms with Crippen molar-refractivity contribution in [1.29, 1.82) is 0 Å². The summed E-state index contributed by atoms with van der Waals surface area (Å²) in [6.07, 6.45) is 0. The van der Waals surface area contributed by atoms with Gasteiger partial charge in [-0.25, -0.2) is 0 Å². The van der Waals surface area contributed by atoms with Gasteiger partial charge >= 0.3 is 0 Å². The number of ether oxygens (including phenoxy) is 3. The van der Waals surface area contributed by atoms with Crippen molar-refractivity contribution in [1.82, 2.24) is 4.90 Å². The van der Waals surface area contributed by atoms with Gasteiger partial charge in [0.2, 0.25) is 0 Å². The van der Waals surface area contributed by atoms with Crippen LogP contribution in [0, 0.1) is 0 Å². The molecule has 4 aromatic rings. The van der Waals surface area contributed by atoms with E-state index >= 15 is 0 Å². The molecule has 0 aliphatic carbocycles. The Morgan fingerprint density at radius 3 is 2.57 bits per heavy atom. The monoisotopic (exact) mass is 509 g/mol. The zero-order valence-corrected chi connectivity index (χ0v) is 21.1. The van der Waals surface area contributed by atoms with Crippen molar-refractivity contribution in [3.05, 3.63) is 66.7 Å². The molecule has 182 valence electrons. The topological polar surface area (TPSA) is 60.4 Å². The molecule has 0 radical (unpaired) electrons. The molecule has 0 saturated carbocycles. The fourth-order valence-corrected chi connectivity index (χ4v) is 5.52. The van der Waals surface area contributed by atoms with E-state index in [1.54, 1.807) is 24.5 Å². The Labute approximate surface area is 213 Å². The van der Waals surface area contributed by atoms with Crippen LogP contribution in [0.2, 0.25) is 0 Å². The van der Waals surface area contributed by atoms with Crippen molar-refractivity contribution >= 4 is 33.5 Å². The normalized spacial score (nSPS) is 14.3. The van der Waals surface area contributed by atoms with Crippen molar-refractivity contribution in [3.8, 4) is 33.4 Å². The van der Waals surface area contributed by atoms with E-state index < -0.39 is 0 Å². The minimum atomic E-state index is 0.154. The van der Waals surface area contributed by atoms with Crippen LogP contribution >= 0.6 is 23.4 Å². The third-order valence-electron chi connectivity index (χ3n) is 5.77. The van der Waals surface area contributed by atoms with Gasteiger partial charge in [0.25, 0.3) is 0 Å². The number of methoxy groups -OCH3 is 1. The maximum absolute atomic E-state index is 10.7. The Morgan fingerprint density at radius 2 is 1.80 bits per heavy atom. The molecule has 5 rings (SSSR count). The second-order valence-electron chi connectivity index (χ2n) is 8.10. The fourth-order valence-electron chi connectivity index (χ4n) is 3.89. The molecule has 0 amide bonds. The van der Waals surface area contributed by atoms with Gasteiger partial charge in [-0.1, -0.05) is 18.2 Å². The predicted octanol–water partition coefficient (Wildman–Crippen LogP) is 6.43. The number of benzene rings is 3. The van der Waals surface area contributed by atoms with E-state index in [4.69, 9.17) is 18.4 Å². The van der Waals surface area contributed by atoms with Gasteiger partial charge in [0.05, 0.1) is 26.9 Å². The highest BCUT2D eigenvalue weighted by Gasteiger charge is 2.16. The van der Waals surface area contributed by atoms with E-state index in [2.05, 4.69) is 23.1 Å². The minimum Gasteiger partial charge on any atom is -0.507 e. The molecule has 35 heavy (non-hydrogen) atoms. The number of hydrogen-bond donors (Lipinski definition) is 1. The minimum absolute atomic E-state index is 0.154. The van der Waals surface area contributed by atoms with Gasteiger partial charge in [-0.2, -0.15) is 0 Å². The van der Waals surface area contributed by atoms with E-state index in [-0.39, 0.29) is 5.75 Å². The Hall–Kier alpha value is -2.75. The molecule has 1 N–H and O–H groups in total. The molecule has 8 heteroatoms. The largest absolute Gasteiger partial charge is 0.507 e. The summed E-state index contributed by atoms with van der Waals surface area (Å²) in [7, 11) is 1.56. The van der Waals surface area contributed by atoms with Crippen LogP contribution in [0.25, 0.3) is 20.5 Å². The summed E-state index contributed by atoms with van der Waals surface area (Å²) in [5.41, 5.74) is 0.711. The standard InChI is InChI=1S/C27H27NO5S2/c1-30-24-18-23(29)22(27-16-19-4-2-3-5-26(19)34-27)17-25(24)33-20-6-8-21(9-7-20)35-32-15-12-28-10-13-31-14-11-28/h2-9,16-18,29H,10-15H2,1H3. The second-order valence-corrected chi connectivity index (χ2v) is 10.1. The van der Waals surface area contributed by atoms with Gasteiger partial charge < -0.3 is 23.5 Å². The summed E-state index contributed by atoms with van der Waals surface area (Å²) in [4.78, 5) is 4.32. The number of morpholine rings is 1. The lowest BCUT2D eigenvalue weighted by molar-refractivity contribution is 0.0333. The van der Waals surface area contributed by atoms with E-state index in [1.807, 2.05) is 42.5 Å². The molecule has 0 bridgehead atoms. The molecule has 6 nitrogen and oxygen atoms in total. The Morgan fingerprint density at radius 1 is 1.00 bits per heavy atom. The molecule has 0 spiro atoms. The van der Waals surface area contributed by atoms with Crippen LogP contribution in [0.5, 0.6) is 23.0 Å². The summed E-state index contributed by atoms with van der Waals surface area (Å²) in [5, 5.41) is 11.8. The van der Waals surface area contributed by atoms with Gasteiger partial charge in [0.15, 0.2) is 11.5 Å². The molecule has 1 aliphatic heterocycles. The zero-order valence-electron chi connectivity index (χ0n) is 19.4. The zero-order chi connectivity index (χ0) is 24.0. The van der Waals surface area contributed by atoms with E-state index in [0.717, 1.165) is 48.0 Å². The molecule has 0 atom stereocenters. The van der Waals surface area contributed by atoms with Crippen LogP contribution in [0.1, 0.15) is 0 Å².